The van der Waals surface area contributed by atoms with Gasteiger partial charge >= 0.3 is 0 Å². The van der Waals surface area contributed by atoms with Crippen LogP contribution in [-0.4, -0.2) is 9.97 Å². The van der Waals surface area contributed by atoms with E-state index in [2.05, 4.69) is 31.2 Å². The number of nitrogens with zero attached hydrogens (tertiary/aromatic N) is 2. The summed E-state index contributed by atoms with van der Waals surface area (Å²) < 4.78 is 1.00. The predicted molar refractivity (Wildman–Crippen MR) is 64.5 cm³/mol. The fourth-order valence-corrected chi connectivity index (χ4v) is 1.66. The Bertz CT molecular complexity index is 432. The number of anilines is 2. The monoisotopic (exact) mass is 283 g/mol. The second kappa shape index (κ2) is 4.59. The van der Waals surface area contributed by atoms with Gasteiger partial charge in [-0.05, 0) is 18.2 Å². The summed E-state index contributed by atoms with van der Waals surface area (Å²) in [4.78, 5) is 8.01. The Hall–Kier alpha value is -1.13. The van der Waals surface area contributed by atoms with Crippen LogP contribution < -0.4 is 5.32 Å². The van der Waals surface area contributed by atoms with Crippen molar-refractivity contribution in [3.63, 3.8) is 0 Å². The van der Waals surface area contributed by atoms with Gasteiger partial charge in [-0.25, -0.2) is 4.98 Å². The Kier molecular flexibility index (Phi) is 3.18. The Morgan fingerprint density at radius 3 is 2.87 bits per heavy atom. The lowest BCUT2D eigenvalue weighted by atomic mass is 10.3. The molecule has 0 spiro atoms. The summed E-state index contributed by atoms with van der Waals surface area (Å²) >= 11 is 9.11. The zero-order chi connectivity index (χ0) is 10.7. The number of nitrogens with one attached hydrogen (secondary N) is 1. The van der Waals surface area contributed by atoms with Crippen LogP contribution in [0.15, 0.2) is 41.1 Å². The van der Waals surface area contributed by atoms with Gasteiger partial charge in [0, 0.05) is 10.2 Å². The average molecular weight is 285 g/mol. The van der Waals surface area contributed by atoms with Crippen molar-refractivity contribution in [3.05, 3.63) is 46.3 Å². The molecule has 0 atom stereocenters. The molecule has 1 heterocycles. The summed E-state index contributed by atoms with van der Waals surface area (Å²) in [6.07, 6.45) is 3.11. The van der Waals surface area contributed by atoms with Gasteiger partial charge in [0.1, 0.15) is 5.15 Å². The quantitative estimate of drug-likeness (QED) is 0.915. The number of halogens is 2. The van der Waals surface area contributed by atoms with E-state index in [-0.39, 0.29) is 0 Å². The third kappa shape index (κ3) is 2.91. The van der Waals surface area contributed by atoms with Crippen LogP contribution in [0.25, 0.3) is 0 Å². The summed E-state index contributed by atoms with van der Waals surface area (Å²) in [6.45, 7) is 0. The molecule has 1 N–H and O–H groups in total. The van der Waals surface area contributed by atoms with Crippen molar-refractivity contribution in [1.82, 2.24) is 9.97 Å². The average Bonchev–Trinajstić information content (AvgIpc) is 2.17. The van der Waals surface area contributed by atoms with Crippen molar-refractivity contribution >= 4 is 39.0 Å². The second-order valence-corrected chi connectivity index (χ2v) is 4.17. The smallest absolute Gasteiger partial charge is 0.150 e. The standard InChI is InChI=1S/C10H7BrClN3/c11-7-2-1-3-8(4-7)14-10-6-13-5-9(12)15-10/h1-6H,(H,14,15). The summed E-state index contributed by atoms with van der Waals surface area (Å²) in [6, 6.07) is 7.77. The van der Waals surface area contributed by atoms with Crippen LogP contribution in [0.5, 0.6) is 0 Å². The lowest BCUT2D eigenvalue weighted by Crippen LogP contribution is -1.94. The van der Waals surface area contributed by atoms with E-state index in [9.17, 15) is 0 Å². The molecule has 0 aliphatic carbocycles. The van der Waals surface area contributed by atoms with E-state index in [1.807, 2.05) is 24.3 Å². The number of hydrogen-bond acceptors (Lipinski definition) is 3. The highest BCUT2D eigenvalue weighted by Crippen LogP contribution is 2.19. The molecule has 0 aliphatic rings. The van der Waals surface area contributed by atoms with Crippen LogP contribution in [0, 0.1) is 0 Å². The highest BCUT2D eigenvalue weighted by molar-refractivity contribution is 9.10. The van der Waals surface area contributed by atoms with E-state index in [1.165, 1.54) is 6.20 Å². The lowest BCUT2D eigenvalue weighted by Gasteiger charge is -2.04. The molecule has 0 fully saturated rings. The molecule has 0 amide bonds. The van der Waals surface area contributed by atoms with Gasteiger partial charge in [0.2, 0.25) is 0 Å². The normalized spacial score (nSPS) is 10.0. The summed E-state index contributed by atoms with van der Waals surface area (Å²) in [5, 5.41) is 3.47. The first-order valence-electron chi connectivity index (χ1n) is 4.24. The molecule has 2 rings (SSSR count). The molecule has 0 saturated carbocycles. The van der Waals surface area contributed by atoms with Crippen molar-refractivity contribution in [2.24, 2.45) is 0 Å². The second-order valence-electron chi connectivity index (χ2n) is 2.86. The topological polar surface area (TPSA) is 37.8 Å². The molecular formula is C10H7BrClN3. The zero-order valence-electron chi connectivity index (χ0n) is 7.61. The van der Waals surface area contributed by atoms with Crippen LogP contribution in [0.2, 0.25) is 5.15 Å². The molecule has 2 aromatic rings. The Morgan fingerprint density at radius 2 is 2.13 bits per heavy atom. The number of hydrogen-bond donors (Lipinski definition) is 1. The van der Waals surface area contributed by atoms with Gasteiger partial charge in [-0.1, -0.05) is 33.6 Å². The van der Waals surface area contributed by atoms with Crippen LogP contribution in [0.4, 0.5) is 11.5 Å². The Balaban J connectivity index is 2.22. The summed E-state index contributed by atoms with van der Waals surface area (Å²) in [7, 11) is 0. The number of aromatic nitrogens is 2. The van der Waals surface area contributed by atoms with E-state index in [0.717, 1.165) is 10.2 Å². The van der Waals surface area contributed by atoms with Crippen molar-refractivity contribution < 1.29 is 0 Å². The van der Waals surface area contributed by atoms with E-state index in [1.54, 1.807) is 6.20 Å². The number of benzene rings is 1. The molecule has 3 nitrogen and oxygen atoms in total. The van der Waals surface area contributed by atoms with Gasteiger partial charge in [0.15, 0.2) is 5.82 Å². The highest BCUT2D eigenvalue weighted by Gasteiger charge is 1.97. The minimum atomic E-state index is 0.370. The van der Waals surface area contributed by atoms with E-state index < -0.39 is 0 Å². The molecule has 0 aliphatic heterocycles. The minimum absolute atomic E-state index is 0.370. The van der Waals surface area contributed by atoms with E-state index in [4.69, 9.17) is 11.6 Å². The van der Waals surface area contributed by atoms with Crippen molar-refractivity contribution in [3.8, 4) is 0 Å². The first kappa shape index (κ1) is 10.4. The SMILES string of the molecule is Clc1cncc(Nc2cccc(Br)c2)n1. The van der Waals surface area contributed by atoms with Gasteiger partial charge < -0.3 is 5.32 Å². The molecule has 0 radical (unpaired) electrons. The maximum Gasteiger partial charge on any atom is 0.150 e. The zero-order valence-corrected chi connectivity index (χ0v) is 9.96. The molecule has 5 heteroatoms. The maximum absolute atomic E-state index is 5.72. The summed E-state index contributed by atoms with van der Waals surface area (Å²) in [5.41, 5.74) is 0.931. The van der Waals surface area contributed by atoms with E-state index in [0.29, 0.717) is 11.0 Å². The molecule has 15 heavy (non-hydrogen) atoms. The molecule has 76 valence electrons. The van der Waals surface area contributed by atoms with Gasteiger partial charge in [-0.2, -0.15) is 0 Å². The third-order valence-electron chi connectivity index (χ3n) is 1.70. The van der Waals surface area contributed by atoms with Crippen LogP contribution >= 0.6 is 27.5 Å². The van der Waals surface area contributed by atoms with Gasteiger partial charge in [-0.3, -0.25) is 4.98 Å². The number of rotatable bonds is 2. The van der Waals surface area contributed by atoms with Gasteiger partial charge in [0.25, 0.3) is 0 Å². The first-order chi connectivity index (χ1) is 7.24. The largest absolute Gasteiger partial charge is 0.339 e. The minimum Gasteiger partial charge on any atom is -0.339 e. The highest BCUT2D eigenvalue weighted by atomic mass is 79.9. The Morgan fingerprint density at radius 1 is 1.27 bits per heavy atom. The van der Waals surface area contributed by atoms with Crippen LogP contribution in [0.1, 0.15) is 0 Å². The van der Waals surface area contributed by atoms with Gasteiger partial charge in [0.05, 0.1) is 12.4 Å². The molecule has 0 unspecified atom stereocenters. The predicted octanol–water partition coefficient (Wildman–Crippen LogP) is 3.64. The molecule has 1 aromatic heterocycles. The maximum atomic E-state index is 5.72. The van der Waals surface area contributed by atoms with Crippen molar-refractivity contribution in [1.29, 1.82) is 0 Å². The fourth-order valence-electron chi connectivity index (χ4n) is 1.12. The van der Waals surface area contributed by atoms with Crippen LogP contribution in [0.3, 0.4) is 0 Å². The Labute approximate surface area is 101 Å². The molecule has 1 aromatic carbocycles. The molecule has 0 saturated heterocycles. The first-order valence-corrected chi connectivity index (χ1v) is 5.41. The van der Waals surface area contributed by atoms with Crippen molar-refractivity contribution in [2.45, 2.75) is 0 Å². The fraction of sp³-hybridized carbons (Fsp3) is 0. The van der Waals surface area contributed by atoms with E-state index >= 15 is 0 Å². The van der Waals surface area contributed by atoms with Gasteiger partial charge in [-0.15, -0.1) is 0 Å². The van der Waals surface area contributed by atoms with Crippen molar-refractivity contribution in [2.75, 3.05) is 5.32 Å². The molecular weight excluding hydrogens is 277 g/mol. The summed E-state index contributed by atoms with van der Waals surface area (Å²) in [5.74, 6) is 0.626. The molecule has 0 bridgehead atoms. The lowest BCUT2D eigenvalue weighted by molar-refractivity contribution is 1.20. The van der Waals surface area contributed by atoms with Crippen LogP contribution in [-0.2, 0) is 0 Å². The third-order valence-corrected chi connectivity index (χ3v) is 2.38.